The molecule has 0 heterocycles. The Labute approximate surface area is 98.8 Å². The van der Waals surface area contributed by atoms with Crippen molar-refractivity contribution in [1.82, 2.24) is 4.72 Å². The molecule has 0 saturated heterocycles. The molecule has 0 spiro atoms. The fourth-order valence-electron chi connectivity index (χ4n) is 1.39. The Morgan fingerprint density at radius 2 is 1.88 bits per heavy atom. The summed E-state index contributed by atoms with van der Waals surface area (Å²) >= 11 is 0. The number of nitrogens with one attached hydrogen (secondary N) is 1. The van der Waals surface area contributed by atoms with Crippen molar-refractivity contribution in [2.45, 2.75) is 26.7 Å². The van der Waals surface area contributed by atoms with E-state index in [1.54, 1.807) is 0 Å². The molecule has 0 aliphatic carbocycles. The van der Waals surface area contributed by atoms with Gasteiger partial charge in [-0.3, -0.25) is 0 Å². The number of methoxy groups -OCH3 is 1. The van der Waals surface area contributed by atoms with Gasteiger partial charge in [-0.25, -0.2) is 13.1 Å². The summed E-state index contributed by atoms with van der Waals surface area (Å²) in [6.07, 6.45) is 1.74. The van der Waals surface area contributed by atoms with E-state index in [0.29, 0.717) is 13.1 Å². The molecule has 0 rings (SSSR count). The van der Waals surface area contributed by atoms with Crippen molar-refractivity contribution >= 4 is 10.0 Å². The van der Waals surface area contributed by atoms with Gasteiger partial charge in [0.05, 0.1) is 12.4 Å². The van der Waals surface area contributed by atoms with E-state index in [9.17, 15) is 8.42 Å². The average Bonchev–Trinajstić information content (AvgIpc) is 2.29. The third kappa shape index (κ3) is 5.25. The average molecular weight is 252 g/mol. The van der Waals surface area contributed by atoms with Crippen molar-refractivity contribution < 1.29 is 13.2 Å². The van der Waals surface area contributed by atoms with E-state index in [4.69, 9.17) is 10.5 Å². The fourth-order valence-corrected chi connectivity index (χ4v) is 2.45. The molecule has 0 unspecified atom stereocenters. The van der Waals surface area contributed by atoms with Crippen LogP contribution < -0.4 is 10.5 Å². The van der Waals surface area contributed by atoms with Crippen molar-refractivity contribution in [2.24, 2.45) is 11.1 Å². The normalized spacial score (nSPS) is 13.0. The van der Waals surface area contributed by atoms with Gasteiger partial charge in [-0.15, -0.1) is 0 Å². The summed E-state index contributed by atoms with van der Waals surface area (Å²) in [6, 6.07) is 0. The first kappa shape index (κ1) is 15.8. The van der Waals surface area contributed by atoms with Gasteiger partial charge in [-0.1, -0.05) is 13.8 Å². The number of nitrogens with two attached hydrogens (primary N) is 1. The minimum Gasteiger partial charge on any atom is -0.384 e. The SMILES string of the molecule is CCC(CC)(CN)CNS(=O)(=O)CCOC. The molecule has 0 aromatic carbocycles. The first-order valence-electron chi connectivity index (χ1n) is 5.61. The zero-order chi connectivity index (χ0) is 12.7. The molecule has 0 bridgehead atoms. The monoisotopic (exact) mass is 252 g/mol. The summed E-state index contributed by atoms with van der Waals surface area (Å²) in [5, 5.41) is 0. The molecule has 0 aromatic rings. The van der Waals surface area contributed by atoms with Crippen LogP contribution in [0.15, 0.2) is 0 Å². The van der Waals surface area contributed by atoms with Crippen LogP contribution in [0.4, 0.5) is 0 Å². The number of hydrogen-bond acceptors (Lipinski definition) is 4. The van der Waals surface area contributed by atoms with Gasteiger partial charge in [0.1, 0.15) is 0 Å². The first-order valence-corrected chi connectivity index (χ1v) is 7.27. The van der Waals surface area contributed by atoms with Gasteiger partial charge < -0.3 is 10.5 Å². The highest BCUT2D eigenvalue weighted by atomic mass is 32.2. The van der Waals surface area contributed by atoms with Crippen molar-refractivity contribution in [2.75, 3.05) is 32.6 Å². The van der Waals surface area contributed by atoms with Gasteiger partial charge in [0, 0.05) is 13.7 Å². The van der Waals surface area contributed by atoms with E-state index < -0.39 is 10.0 Å². The van der Waals surface area contributed by atoms with Crippen LogP contribution in [0.1, 0.15) is 26.7 Å². The molecule has 5 nitrogen and oxygen atoms in total. The smallest absolute Gasteiger partial charge is 0.213 e. The van der Waals surface area contributed by atoms with Crippen LogP contribution in [0, 0.1) is 5.41 Å². The number of sulfonamides is 1. The lowest BCUT2D eigenvalue weighted by Gasteiger charge is -2.30. The Balaban J connectivity index is 4.30. The van der Waals surface area contributed by atoms with Gasteiger partial charge in [0.2, 0.25) is 10.0 Å². The Bertz CT molecular complexity index is 266. The standard InChI is InChI=1S/C10H24N2O3S/c1-4-10(5-2,8-11)9-12-16(13,14)7-6-15-3/h12H,4-9,11H2,1-3H3. The molecule has 0 aliphatic heterocycles. The number of rotatable bonds is 9. The zero-order valence-corrected chi connectivity index (χ0v) is 11.3. The van der Waals surface area contributed by atoms with Gasteiger partial charge >= 0.3 is 0 Å². The molecule has 0 fully saturated rings. The van der Waals surface area contributed by atoms with Gasteiger partial charge in [-0.2, -0.15) is 0 Å². The highest BCUT2D eigenvalue weighted by molar-refractivity contribution is 7.89. The van der Waals surface area contributed by atoms with Crippen LogP contribution in [0.3, 0.4) is 0 Å². The van der Waals surface area contributed by atoms with Crippen LogP contribution in [0.25, 0.3) is 0 Å². The summed E-state index contributed by atoms with van der Waals surface area (Å²) in [5.74, 6) is -0.00240. The Morgan fingerprint density at radius 3 is 2.25 bits per heavy atom. The first-order chi connectivity index (χ1) is 7.45. The van der Waals surface area contributed by atoms with Gasteiger partial charge in [0.25, 0.3) is 0 Å². The van der Waals surface area contributed by atoms with Crippen molar-refractivity contribution in [1.29, 1.82) is 0 Å². The van der Waals surface area contributed by atoms with Crippen LogP contribution >= 0.6 is 0 Å². The summed E-state index contributed by atoms with van der Waals surface area (Å²) in [7, 11) is -1.75. The second-order valence-corrected chi connectivity index (χ2v) is 5.97. The van der Waals surface area contributed by atoms with E-state index in [1.165, 1.54) is 7.11 Å². The topological polar surface area (TPSA) is 81.4 Å². The maximum absolute atomic E-state index is 11.6. The van der Waals surface area contributed by atoms with Crippen LogP contribution in [-0.2, 0) is 14.8 Å². The van der Waals surface area contributed by atoms with Crippen molar-refractivity contribution in [3.8, 4) is 0 Å². The van der Waals surface area contributed by atoms with Gasteiger partial charge in [0.15, 0.2) is 0 Å². The predicted octanol–water partition coefficient (Wildman–Crippen LogP) is 0.317. The molecule has 16 heavy (non-hydrogen) atoms. The lowest BCUT2D eigenvalue weighted by atomic mass is 9.83. The minimum atomic E-state index is -3.24. The minimum absolute atomic E-state index is 0.00240. The van der Waals surface area contributed by atoms with E-state index in [1.807, 2.05) is 13.8 Å². The zero-order valence-electron chi connectivity index (χ0n) is 10.5. The molecule has 6 heteroatoms. The van der Waals surface area contributed by atoms with Crippen LogP contribution in [0.2, 0.25) is 0 Å². The van der Waals surface area contributed by atoms with Crippen molar-refractivity contribution in [3.05, 3.63) is 0 Å². The quantitative estimate of drug-likeness (QED) is 0.619. The Morgan fingerprint density at radius 1 is 1.31 bits per heavy atom. The maximum atomic E-state index is 11.6. The lowest BCUT2D eigenvalue weighted by Crippen LogP contribution is -2.42. The molecule has 0 atom stereocenters. The molecular weight excluding hydrogens is 228 g/mol. The highest BCUT2D eigenvalue weighted by Crippen LogP contribution is 2.23. The second-order valence-electron chi connectivity index (χ2n) is 4.04. The van der Waals surface area contributed by atoms with Crippen molar-refractivity contribution in [3.63, 3.8) is 0 Å². The second kappa shape index (κ2) is 7.21. The van der Waals surface area contributed by atoms with Crippen LogP contribution in [0.5, 0.6) is 0 Å². The molecule has 0 saturated carbocycles. The third-order valence-corrected chi connectivity index (χ3v) is 4.44. The molecule has 0 amide bonds. The van der Waals surface area contributed by atoms with Crippen LogP contribution in [-0.4, -0.2) is 41.0 Å². The Kier molecular flexibility index (Phi) is 7.14. The number of ether oxygens (including phenoxy) is 1. The summed E-state index contributed by atoms with van der Waals surface area (Å²) in [6.45, 7) is 5.16. The van der Waals surface area contributed by atoms with E-state index in [0.717, 1.165) is 12.8 Å². The van der Waals surface area contributed by atoms with E-state index in [-0.39, 0.29) is 17.8 Å². The maximum Gasteiger partial charge on any atom is 0.213 e. The summed E-state index contributed by atoms with van der Waals surface area (Å²) < 4.78 is 30.4. The predicted molar refractivity (Wildman–Crippen MR) is 65.7 cm³/mol. The molecule has 3 N–H and O–H groups in total. The summed E-state index contributed by atoms with van der Waals surface area (Å²) in [5.41, 5.74) is 5.57. The fraction of sp³-hybridized carbons (Fsp3) is 1.00. The summed E-state index contributed by atoms with van der Waals surface area (Å²) in [4.78, 5) is 0. The molecule has 0 radical (unpaired) electrons. The van der Waals surface area contributed by atoms with E-state index in [2.05, 4.69) is 4.72 Å². The number of hydrogen-bond donors (Lipinski definition) is 2. The lowest BCUT2D eigenvalue weighted by molar-refractivity contribution is 0.216. The largest absolute Gasteiger partial charge is 0.384 e. The Hall–Kier alpha value is -0.170. The highest BCUT2D eigenvalue weighted by Gasteiger charge is 2.26. The van der Waals surface area contributed by atoms with Gasteiger partial charge in [-0.05, 0) is 24.8 Å². The molecule has 0 aromatic heterocycles. The van der Waals surface area contributed by atoms with E-state index >= 15 is 0 Å². The third-order valence-electron chi connectivity index (χ3n) is 3.16. The molecular formula is C10H24N2O3S. The molecule has 0 aliphatic rings. The molecule has 98 valence electrons.